The number of rotatable bonds is 2. The molecule has 0 unspecified atom stereocenters. The first-order valence-corrected chi connectivity index (χ1v) is 4.61. The first kappa shape index (κ1) is 9.52. The van der Waals surface area contributed by atoms with E-state index in [9.17, 15) is 0 Å². The maximum atomic E-state index is 5.76. The van der Waals surface area contributed by atoms with Crippen molar-refractivity contribution in [1.29, 1.82) is 0 Å². The fourth-order valence-electron chi connectivity index (χ4n) is 1.37. The van der Waals surface area contributed by atoms with Gasteiger partial charge in [-0.15, -0.1) is 0 Å². The van der Waals surface area contributed by atoms with Crippen molar-refractivity contribution in [1.82, 2.24) is 0 Å². The summed E-state index contributed by atoms with van der Waals surface area (Å²) < 4.78 is 0. The van der Waals surface area contributed by atoms with Gasteiger partial charge in [0.2, 0.25) is 0 Å². The number of nitrogens with zero attached hydrogens (tertiary/aromatic N) is 1. The van der Waals surface area contributed by atoms with Crippen molar-refractivity contribution >= 4 is 5.71 Å². The number of hydrogen-bond acceptors (Lipinski definition) is 3. The topological polar surface area (TPSA) is 47.6 Å². The van der Waals surface area contributed by atoms with Crippen LogP contribution in [0.4, 0.5) is 0 Å². The van der Waals surface area contributed by atoms with Crippen molar-refractivity contribution in [3.8, 4) is 0 Å². The van der Waals surface area contributed by atoms with Crippen molar-refractivity contribution in [2.24, 2.45) is 10.9 Å². The van der Waals surface area contributed by atoms with Gasteiger partial charge in [0.25, 0.3) is 0 Å². The summed E-state index contributed by atoms with van der Waals surface area (Å²) in [4.78, 5) is 5.33. The quantitative estimate of drug-likeness (QED) is 0.506. The Labute approximate surface area is 74.0 Å². The third-order valence-corrected chi connectivity index (χ3v) is 2.10. The first-order valence-electron chi connectivity index (χ1n) is 4.61. The summed E-state index contributed by atoms with van der Waals surface area (Å²) in [6, 6.07) is 0.386. The van der Waals surface area contributed by atoms with Crippen molar-refractivity contribution in [2.45, 2.75) is 51.7 Å². The minimum Gasteiger partial charge on any atom is -0.393 e. The molecule has 0 amide bonds. The lowest BCUT2D eigenvalue weighted by Gasteiger charge is -2.24. The van der Waals surface area contributed by atoms with Crippen LogP contribution in [0.5, 0.6) is 0 Å². The average Bonchev–Trinajstić information content (AvgIpc) is 2.03. The van der Waals surface area contributed by atoms with Crippen molar-refractivity contribution in [3.63, 3.8) is 0 Å². The molecule has 0 radical (unpaired) electrons. The predicted molar refractivity (Wildman–Crippen MR) is 50.1 cm³/mol. The molecular formula is C9H18N2O. The van der Waals surface area contributed by atoms with E-state index in [-0.39, 0.29) is 0 Å². The van der Waals surface area contributed by atoms with Crippen LogP contribution in [0, 0.1) is 0 Å². The van der Waals surface area contributed by atoms with E-state index in [1.807, 2.05) is 13.8 Å². The second kappa shape index (κ2) is 4.45. The van der Waals surface area contributed by atoms with Crippen LogP contribution in [-0.4, -0.2) is 17.9 Å². The van der Waals surface area contributed by atoms with E-state index >= 15 is 0 Å². The number of nitrogens with two attached hydrogens (primary N) is 1. The average molecular weight is 170 g/mol. The molecule has 2 N–H and O–H groups in total. The number of oxime groups is 1. The van der Waals surface area contributed by atoms with Crippen LogP contribution in [-0.2, 0) is 4.84 Å². The monoisotopic (exact) mass is 170 g/mol. The van der Waals surface area contributed by atoms with Crippen LogP contribution in [0.15, 0.2) is 5.16 Å². The van der Waals surface area contributed by atoms with E-state index in [2.05, 4.69) is 5.16 Å². The number of hydrogen-bond donors (Lipinski definition) is 1. The molecule has 1 fully saturated rings. The SMILES string of the molecule is CC(C)=NOC1CCC(N)CC1. The molecule has 0 heterocycles. The molecule has 0 aromatic heterocycles. The van der Waals surface area contributed by atoms with Gasteiger partial charge >= 0.3 is 0 Å². The zero-order chi connectivity index (χ0) is 8.97. The van der Waals surface area contributed by atoms with E-state index in [1.165, 1.54) is 0 Å². The molecule has 3 heteroatoms. The van der Waals surface area contributed by atoms with Gasteiger partial charge in [-0.25, -0.2) is 0 Å². The lowest BCUT2D eigenvalue weighted by Crippen LogP contribution is -2.29. The Hall–Kier alpha value is -0.570. The molecule has 1 rings (SSSR count). The van der Waals surface area contributed by atoms with Crippen molar-refractivity contribution in [2.75, 3.05) is 0 Å². The van der Waals surface area contributed by atoms with Crippen LogP contribution in [0.3, 0.4) is 0 Å². The lowest BCUT2D eigenvalue weighted by atomic mass is 9.94. The summed E-state index contributed by atoms with van der Waals surface area (Å²) in [5.74, 6) is 0. The molecule has 0 aliphatic heterocycles. The van der Waals surface area contributed by atoms with Crippen LogP contribution in [0.2, 0.25) is 0 Å². The van der Waals surface area contributed by atoms with Crippen LogP contribution in [0.25, 0.3) is 0 Å². The zero-order valence-electron chi connectivity index (χ0n) is 7.92. The molecule has 0 bridgehead atoms. The van der Waals surface area contributed by atoms with Gasteiger partial charge in [0.15, 0.2) is 0 Å². The minimum atomic E-state index is 0.305. The Morgan fingerprint density at radius 3 is 2.33 bits per heavy atom. The van der Waals surface area contributed by atoms with E-state index in [4.69, 9.17) is 10.6 Å². The summed E-state index contributed by atoms with van der Waals surface area (Å²) in [6.07, 6.45) is 4.56. The smallest absolute Gasteiger partial charge is 0.127 e. The molecule has 1 aliphatic rings. The van der Waals surface area contributed by atoms with E-state index in [0.717, 1.165) is 31.4 Å². The summed E-state index contributed by atoms with van der Waals surface area (Å²) in [5.41, 5.74) is 6.74. The minimum absolute atomic E-state index is 0.305. The Kier molecular flexibility index (Phi) is 3.53. The van der Waals surface area contributed by atoms with Crippen LogP contribution < -0.4 is 5.73 Å². The molecule has 0 aromatic rings. The molecule has 0 saturated heterocycles. The summed E-state index contributed by atoms with van der Waals surface area (Å²) in [7, 11) is 0. The van der Waals surface area contributed by atoms with E-state index in [0.29, 0.717) is 12.1 Å². The zero-order valence-corrected chi connectivity index (χ0v) is 7.92. The van der Waals surface area contributed by atoms with Crippen molar-refractivity contribution < 1.29 is 4.84 Å². The summed E-state index contributed by atoms with van der Waals surface area (Å²) >= 11 is 0. The molecule has 0 atom stereocenters. The van der Waals surface area contributed by atoms with Gasteiger partial charge < -0.3 is 10.6 Å². The van der Waals surface area contributed by atoms with Gasteiger partial charge in [0.1, 0.15) is 6.10 Å². The Balaban J connectivity index is 2.22. The lowest BCUT2D eigenvalue weighted by molar-refractivity contribution is 0.0293. The highest BCUT2D eigenvalue weighted by molar-refractivity contribution is 5.78. The second-order valence-corrected chi connectivity index (χ2v) is 3.68. The Morgan fingerprint density at radius 1 is 1.25 bits per heavy atom. The maximum absolute atomic E-state index is 5.76. The van der Waals surface area contributed by atoms with Crippen LogP contribution >= 0.6 is 0 Å². The normalized spacial score (nSPS) is 29.6. The maximum Gasteiger partial charge on any atom is 0.127 e. The second-order valence-electron chi connectivity index (χ2n) is 3.68. The molecule has 0 spiro atoms. The van der Waals surface area contributed by atoms with Gasteiger partial charge in [0, 0.05) is 6.04 Å². The van der Waals surface area contributed by atoms with E-state index < -0.39 is 0 Å². The standard InChI is InChI=1S/C9H18N2O/c1-7(2)11-12-9-5-3-8(10)4-6-9/h8-9H,3-6,10H2,1-2H3. The fraction of sp³-hybridized carbons (Fsp3) is 0.889. The predicted octanol–water partition coefficient (Wildman–Crippen LogP) is 1.67. The Bertz CT molecular complexity index is 156. The highest BCUT2D eigenvalue weighted by Crippen LogP contribution is 2.19. The molecule has 1 aliphatic carbocycles. The molecule has 1 saturated carbocycles. The first-order chi connectivity index (χ1) is 5.68. The highest BCUT2D eigenvalue weighted by Gasteiger charge is 2.19. The molecular weight excluding hydrogens is 152 g/mol. The van der Waals surface area contributed by atoms with Gasteiger partial charge in [-0.3, -0.25) is 0 Å². The van der Waals surface area contributed by atoms with Crippen molar-refractivity contribution in [3.05, 3.63) is 0 Å². The van der Waals surface area contributed by atoms with Gasteiger partial charge in [-0.05, 0) is 39.5 Å². The van der Waals surface area contributed by atoms with Gasteiger partial charge in [0.05, 0.1) is 5.71 Å². The third-order valence-electron chi connectivity index (χ3n) is 2.10. The largest absolute Gasteiger partial charge is 0.393 e. The molecule has 0 aromatic carbocycles. The molecule has 3 nitrogen and oxygen atoms in total. The molecule has 70 valence electrons. The van der Waals surface area contributed by atoms with Crippen LogP contribution in [0.1, 0.15) is 39.5 Å². The molecule has 12 heavy (non-hydrogen) atoms. The Morgan fingerprint density at radius 2 is 1.83 bits per heavy atom. The fourth-order valence-corrected chi connectivity index (χ4v) is 1.37. The van der Waals surface area contributed by atoms with E-state index in [1.54, 1.807) is 0 Å². The van der Waals surface area contributed by atoms with Gasteiger partial charge in [-0.2, -0.15) is 0 Å². The summed E-state index contributed by atoms with van der Waals surface area (Å²) in [5, 5.41) is 3.95. The summed E-state index contributed by atoms with van der Waals surface area (Å²) in [6.45, 7) is 3.88. The third kappa shape index (κ3) is 3.22. The van der Waals surface area contributed by atoms with Gasteiger partial charge in [-0.1, -0.05) is 5.16 Å². The highest BCUT2D eigenvalue weighted by atomic mass is 16.6.